The highest BCUT2D eigenvalue weighted by atomic mass is 15.1. The van der Waals surface area contributed by atoms with Gasteiger partial charge >= 0.3 is 0 Å². The number of nitriles is 1. The SMILES string of the molecule is C#CCN(CC#C)CC#N. The number of terminal acetylenes is 2. The molecule has 10 heavy (non-hydrogen) atoms. The molecule has 0 amide bonds. The van der Waals surface area contributed by atoms with Gasteiger partial charge in [0.15, 0.2) is 0 Å². The van der Waals surface area contributed by atoms with E-state index in [1.165, 1.54) is 0 Å². The Kier molecular flexibility index (Phi) is 4.89. The highest BCUT2D eigenvalue weighted by molar-refractivity contribution is 4.96. The lowest BCUT2D eigenvalue weighted by Gasteiger charge is -2.10. The Hall–Kier alpha value is -1.43. The molecule has 0 heterocycles. The van der Waals surface area contributed by atoms with Crippen LogP contribution < -0.4 is 0 Å². The average molecular weight is 132 g/mol. The smallest absolute Gasteiger partial charge is 0.0881 e. The van der Waals surface area contributed by atoms with Gasteiger partial charge in [-0.05, 0) is 0 Å². The minimum Gasteiger partial charge on any atom is -0.268 e. The van der Waals surface area contributed by atoms with Crippen LogP contribution in [0, 0.1) is 36.0 Å². The van der Waals surface area contributed by atoms with Gasteiger partial charge in [-0.2, -0.15) is 5.26 Å². The molecule has 2 heteroatoms. The van der Waals surface area contributed by atoms with Gasteiger partial charge in [-0.15, -0.1) is 12.8 Å². The van der Waals surface area contributed by atoms with Gasteiger partial charge in [0.2, 0.25) is 0 Å². The summed E-state index contributed by atoms with van der Waals surface area (Å²) in [5, 5.41) is 8.26. The highest BCUT2D eigenvalue weighted by Gasteiger charge is 1.97. The van der Waals surface area contributed by atoms with Crippen LogP contribution in [0.4, 0.5) is 0 Å². The third kappa shape index (κ3) is 3.56. The van der Waals surface area contributed by atoms with E-state index in [1.54, 1.807) is 4.90 Å². The fraction of sp³-hybridized carbons (Fsp3) is 0.375. The summed E-state index contributed by atoms with van der Waals surface area (Å²) in [6.45, 7) is 1.18. The Bertz CT molecular complexity index is 161. The zero-order chi connectivity index (χ0) is 7.82. The number of nitrogens with zero attached hydrogens (tertiary/aromatic N) is 2. The number of rotatable bonds is 3. The standard InChI is InChI=1S/C8H8N2/c1-3-6-10(7-4-2)8-5-9/h1-2H,6-8H2. The monoisotopic (exact) mass is 132 g/mol. The molecule has 0 aliphatic heterocycles. The molecule has 2 nitrogen and oxygen atoms in total. The molecule has 0 saturated carbocycles. The largest absolute Gasteiger partial charge is 0.268 e. The van der Waals surface area contributed by atoms with Gasteiger partial charge in [-0.1, -0.05) is 11.8 Å². The molecule has 0 saturated heterocycles. The first-order valence-corrected chi connectivity index (χ1v) is 2.81. The van der Waals surface area contributed by atoms with Crippen molar-refractivity contribution in [3.63, 3.8) is 0 Å². The Labute approximate surface area is 61.4 Å². The maximum absolute atomic E-state index is 8.26. The van der Waals surface area contributed by atoms with Crippen LogP contribution in [0.5, 0.6) is 0 Å². The molecule has 0 aliphatic rings. The van der Waals surface area contributed by atoms with Gasteiger partial charge in [0.25, 0.3) is 0 Å². The van der Waals surface area contributed by atoms with E-state index in [9.17, 15) is 0 Å². The second kappa shape index (κ2) is 5.70. The highest BCUT2D eigenvalue weighted by Crippen LogP contribution is 1.82. The summed E-state index contributed by atoms with van der Waals surface area (Å²) < 4.78 is 0. The summed E-state index contributed by atoms with van der Waals surface area (Å²) in [5.74, 6) is 4.83. The van der Waals surface area contributed by atoms with Gasteiger partial charge < -0.3 is 0 Å². The van der Waals surface area contributed by atoms with Crippen LogP contribution in [0.1, 0.15) is 0 Å². The summed E-state index contributed by atoms with van der Waals surface area (Å²) in [6, 6.07) is 1.97. The van der Waals surface area contributed by atoms with Crippen LogP contribution in [0.3, 0.4) is 0 Å². The Morgan fingerprint density at radius 2 is 1.60 bits per heavy atom. The lowest BCUT2D eigenvalue weighted by Crippen LogP contribution is -2.24. The van der Waals surface area contributed by atoms with Crippen molar-refractivity contribution in [3.8, 4) is 30.8 Å². The third-order valence-electron chi connectivity index (χ3n) is 0.924. The summed E-state index contributed by atoms with van der Waals surface area (Å²) in [5.41, 5.74) is 0. The molecule has 0 aromatic rings. The van der Waals surface area contributed by atoms with E-state index >= 15 is 0 Å². The molecule has 0 aromatic carbocycles. The van der Waals surface area contributed by atoms with Gasteiger partial charge in [0.05, 0.1) is 25.7 Å². The lowest BCUT2D eigenvalue weighted by molar-refractivity contribution is 0.389. The van der Waals surface area contributed by atoms with Crippen molar-refractivity contribution >= 4 is 0 Å². The van der Waals surface area contributed by atoms with E-state index < -0.39 is 0 Å². The molecule has 0 N–H and O–H groups in total. The van der Waals surface area contributed by atoms with Crippen molar-refractivity contribution in [2.75, 3.05) is 19.6 Å². The van der Waals surface area contributed by atoms with Crippen LogP contribution >= 0.6 is 0 Å². The zero-order valence-corrected chi connectivity index (χ0v) is 5.67. The van der Waals surface area contributed by atoms with Crippen molar-refractivity contribution in [1.82, 2.24) is 4.90 Å². The average Bonchev–Trinajstić information content (AvgIpc) is 1.90. The Balaban J connectivity index is 3.68. The van der Waals surface area contributed by atoms with Crippen molar-refractivity contribution in [2.45, 2.75) is 0 Å². The first-order chi connectivity index (χ1) is 4.85. The fourth-order valence-electron chi connectivity index (χ4n) is 0.526. The van der Waals surface area contributed by atoms with E-state index in [2.05, 4.69) is 11.8 Å². The molecule has 0 fully saturated rings. The predicted molar refractivity (Wildman–Crippen MR) is 39.7 cm³/mol. The predicted octanol–water partition coefficient (Wildman–Crippen LogP) is 0.0784. The van der Waals surface area contributed by atoms with Gasteiger partial charge in [-0.3, -0.25) is 4.90 Å². The van der Waals surface area contributed by atoms with Crippen molar-refractivity contribution in [2.24, 2.45) is 0 Å². The van der Waals surface area contributed by atoms with E-state index in [0.717, 1.165) is 0 Å². The topological polar surface area (TPSA) is 27.0 Å². The maximum Gasteiger partial charge on any atom is 0.0881 e. The summed E-state index contributed by atoms with van der Waals surface area (Å²) in [4.78, 5) is 1.71. The first-order valence-electron chi connectivity index (χ1n) is 2.81. The second-order valence-corrected chi connectivity index (χ2v) is 1.71. The summed E-state index contributed by atoms with van der Waals surface area (Å²) in [6.07, 6.45) is 10.0. The van der Waals surface area contributed by atoms with E-state index in [-0.39, 0.29) is 0 Å². The molecule has 0 radical (unpaired) electrons. The minimum absolute atomic E-state index is 0.300. The molecular weight excluding hydrogens is 124 g/mol. The molecule has 0 unspecified atom stereocenters. The molecule has 50 valence electrons. The van der Waals surface area contributed by atoms with E-state index in [0.29, 0.717) is 19.6 Å². The van der Waals surface area contributed by atoms with Crippen molar-refractivity contribution < 1.29 is 0 Å². The van der Waals surface area contributed by atoms with Crippen molar-refractivity contribution in [3.05, 3.63) is 0 Å². The van der Waals surface area contributed by atoms with E-state index in [1.807, 2.05) is 6.07 Å². The Morgan fingerprint density at radius 1 is 1.10 bits per heavy atom. The van der Waals surface area contributed by atoms with Gasteiger partial charge in [-0.25, -0.2) is 0 Å². The summed E-state index contributed by atoms with van der Waals surface area (Å²) in [7, 11) is 0. The molecule has 0 bridgehead atoms. The van der Waals surface area contributed by atoms with E-state index in [4.69, 9.17) is 18.1 Å². The molecule has 0 rings (SSSR count). The first kappa shape index (κ1) is 8.57. The quantitative estimate of drug-likeness (QED) is 0.401. The molecular formula is C8H8N2. The molecule has 0 atom stereocenters. The fourth-order valence-corrected chi connectivity index (χ4v) is 0.526. The number of hydrogen-bond donors (Lipinski definition) is 0. The normalized spacial score (nSPS) is 7.80. The Morgan fingerprint density at radius 3 is 1.90 bits per heavy atom. The van der Waals surface area contributed by atoms with Crippen molar-refractivity contribution in [1.29, 1.82) is 5.26 Å². The third-order valence-corrected chi connectivity index (χ3v) is 0.924. The van der Waals surface area contributed by atoms with Crippen LogP contribution in [0.2, 0.25) is 0 Å². The minimum atomic E-state index is 0.300. The molecule has 0 spiro atoms. The van der Waals surface area contributed by atoms with Crippen LogP contribution in [0.25, 0.3) is 0 Å². The molecule has 0 aliphatic carbocycles. The lowest BCUT2D eigenvalue weighted by atomic mass is 10.4. The molecule has 0 aromatic heterocycles. The second-order valence-electron chi connectivity index (χ2n) is 1.71. The van der Waals surface area contributed by atoms with Gasteiger partial charge in [0.1, 0.15) is 0 Å². The number of hydrogen-bond acceptors (Lipinski definition) is 2. The zero-order valence-electron chi connectivity index (χ0n) is 5.67. The maximum atomic E-state index is 8.26. The van der Waals surface area contributed by atoms with Crippen LogP contribution in [-0.2, 0) is 0 Å². The van der Waals surface area contributed by atoms with Gasteiger partial charge in [0, 0.05) is 0 Å². The van der Waals surface area contributed by atoms with Crippen LogP contribution in [0.15, 0.2) is 0 Å². The van der Waals surface area contributed by atoms with Crippen LogP contribution in [-0.4, -0.2) is 24.5 Å². The summed E-state index contributed by atoms with van der Waals surface area (Å²) >= 11 is 0.